The van der Waals surface area contributed by atoms with Gasteiger partial charge < -0.3 is 26.0 Å². The van der Waals surface area contributed by atoms with E-state index in [9.17, 15) is 25.0 Å². The van der Waals surface area contributed by atoms with Crippen LogP contribution in [0.3, 0.4) is 0 Å². The highest BCUT2D eigenvalue weighted by Gasteiger charge is 2.29. The van der Waals surface area contributed by atoms with E-state index in [1.807, 2.05) is 0 Å². The molecule has 0 aliphatic carbocycles. The maximum atomic E-state index is 12.1. The van der Waals surface area contributed by atoms with Gasteiger partial charge in [-0.2, -0.15) is 0 Å². The fraction of sp³-hybridized carbons (Fsp3) is 0.176. The number of aliphatic hydroxyl groups is 1. The molecule has 0 fully saturated rings. The van der Waals surface area contributed by atoms with E-state index in [-0.39, 0.29) is 17.3 Å². The number of hydrogen-bond donors (Lipinski definition) is 4. The average Bonchev–Trinajstić information content (AvgIpc) is 2.60. The third-order valence-corrected chi connectivity index (χ3v) is 3.56. The van der Waals surface area contributed by atoms with Crippen LogP contribution >= 0.6 is 0 Å². The minimum Gasteiger partial charge on any atom is -0.733 e. The standard InChI is InChI=1S/C17H17N2O6/c20-14(10-11-6-8-13(9-7-11)19(24)25)18-15(17(22)23)16(21)12-4-2-1-3-5-12/h1-9,15-16,21,24H,10H2,(H,18,20)(H,22,23)/q-1/t15-,16+/m1/s1. The van der Waals surface area contributed by atoms with Crippen LogP contribution in [0.15, 0.2) is 54.6 Å². The van der Waals surface area contributed by atoms with Gasteiger partial charge in [-0.1, -0.05) is 42.5 Å². The van der Waals surface area contributed by atoms with E-state index in [0.29, 0.717) is 11.1 Å². The Morgan fingerprint density at radius 3 is 2.20 bits per heavy atom. The zero-order chi connectivity index (χ0) is 18.4. The van der Waals surface area contributed by atoms with Crippen LogP contribution in [0, 0.1) is 5.21 Å². The normalized spacial score (nSPS) is 12.9. The molecule has 0 aromatic heterocycles. The first-order valence-electron chi connectivity index (χ1n) is 7.38. The lowest BCUT2D eigenvalue weighted by Crippen LogP contribution is -2.45. The first-order valence-corrected chi connectivity index (χ1v) is 7.38. The first kappa shape index (κ1) is 18.4. The molecular formula is C17H17N2O6-. The summed E-state index contributed by atoms with van der Waals surface area (Å²) in [4.78, 5) is 23.5. The second-order valence-electron chi connectivity index (χ2n) is 5.36. The molecule has 0 saturated heterocycles. The van der Waals surface area contributed by atoms with Gasteiger partial charge in [0.25, 0.3) is 0 Å². The summed E-state index contributed by atoms with van der Waals surface area (Å²) in [5, 5.41) is 40.9. The number of carbonyl (C=O) groups excluding carboxylic acids is 1. The smallest absolute Gasteiger partial charge is 0.329 e. The van der Waals surface area contributed by atoms with Crippen molar-refractivity contribution in [2.24, 2.45) is 0 Å². The lowest BCUT2D eigenvalue weighted by molar-refractivity contribution is -0.145. The highest BCUT2D eigenvalue weighted by atomic mass is 16.8. The van der Waals surface area contributed by atoms with E-state index in [1.165, 1.54) is 24.3 Å². The van der Waals surface area contributed by atoms with Crippen molar-refractivity contribution in [1.82, 2.24) is 5.32 Å². The lowest BCUT2D eigenvalue weighted by atomic mass is 10.0. The minimum absolute atomic E-state index is 0.00655. The van der Waals surface area contributed by atoms with Crippen LogP contribution in [0.1, 0.15) is 17.2 Å². The molecule has 0 aliphatic rings. The number of carboxylic acid groups (broad SMARTS) is 1. The van der Waals surface area contributed by atoms with Gasteiger partial charge >= 0.3 is 5.97 Å². The fourth-order valence-electron chi connectivity index (χ4n) is 2.27. The first-order chi connectivity index (χ1) is 11.9. The molecule has 132 valence electrons. The van der Waals surface area contributed by atoms with Gasteiger partial charge in [-0.05, 0) is 23.3 Å². The molecule has 2 atom stereocenters. The molecule has 2 rings (SSSR count). The molecule has 25 heavy (non-hydrogen) atoms. The molecule has 2 aromatic carbocycles. The van der Waals surface area contributed by atoms with Crippen LogP contribution in [0.25, 0.3) is 0 Å². The van der Waals surface area contributed by atoms with Crippen molar-refractivity contribution < 1.29 is 25.0 Å². The Hall–Kier alpha value is -2.94. The van der Waals surface area contributed by atoms with Crippen LogP contribution in [0.2, 0.25) is 0 Å². The van der Waals surface area contributed by atoms with Gasteiger partial charge in [-0.15, -0.1) is 0 Å². The number of hydrogen-bond acceptors (Lipinski definition) is 6. The number of rotatable bonds is 7. The monoisotopic (exact) mass is 345 g/mol. The molecule has 0 spiro atoms. The summed E-state index contributed by atoms with van der Waals surface area (Å²) in [6.45, 7) is 0. The van der Waals surface area contributed by atoms with Gasteiger partial charge in [0.15, 0.2) is 6.04 Å². The summed E-state index contributed by atoms with van der Waals surface area (Å²) in [7, 11) is 0. The summed E-state index contributed by atoms with van der Waals surface area (Å²) in [5.41, 5.74) is 0.895. The second-order valence-corrected chi connectivity index (χ2v) is 5.36. The second kappa shape index (κ2) is 8.25. The fourth-order valence-corrected chi connectivity index (χ4v) is 2.27. The van der Waals surface area contributed by atoms with Crippen LogP contribution in [0.5, 0.6) is 0 Å². The van der Waals surface area contributed by atoms with E-state index in [2.05, 4.69) is 5.32 Å². The molecule has 8 nitrogen and oxygen atoms in total. The van der Waals surface area contributed by atoms with Gasteiger partial charge in [-0.25, -0.2) is 4.79 Å². The Bertz CT molecular complexity index is 718. The number of nitrogens with one attached hydrogen (secondary N) is 1. The molecule has 0 unspecified atom stereocenters. The van der Waals surface area contributed by atoms with Gasteiger partial charge in [0.2, 0.25) is 5.91 Å². The zero-order valence-electron chi connectivity index (χ0n) is 13.1. The minimum atomic E-state index is -1.50. The Morgan fingerprint density at radius 2 is 1.68 bits per heavy atom. The summed E-state index contributed by atoms with van der Waals surface area (Å²) in [5.74, 6) is -1.96. The predicted octanol–water partition coefficient (Wildman–Crippen LogP) is 1.23. The van der Waals surface area contributed by atoms with Crippen molar-refractivity contribution in [2.75, 3.05) is 5.23 Å². The van der Waals surface area contributed by atoms with Crippen molar-refractivity contribution in [3.8, 4) is 0 Å². The molecular weight excluding hydrogens is 328 g/mol. The van der Waals surface area contributed by atoms with Crippen molar-refractivity contribution >= 4 is 17.6 Å². The third kappa shape index (κ3) is 5.01. The molecule has 2 aromatic rings. The highest BCUT2D eigenvalue weighted by molar-refractivity contribution is 5.85. The largest absolute Gasteiger partial charge is 0.733 e. The molecule has 1 amide bonds. The predicted molar refractivity (Wildman–Crippen MR) is 88.7 cm³/mol. The molecule has 0 radical (unpaired) electrons. The Morgan fingerprint density at radius 1 is 1.08 bits per heavy atom. The Labute approximate surface area is 143 Å². The van der Waals surface area contributed by atoms with E-state index in [4.69, 9.17) is 5.21 Å². The SMILES string of the molecule is O=C(Cc1ccc(N([O-])O)cc1)N[C@@H](C(=O)O)[C@@H](O)c1ccccc1. The van der Waals surface area contributed by atoms with Crippen molar-refractivity contribution in [3.05, 3.63) is 70.9 Å². The van der Waals surface area contributed by atoms with Crippen LogP contribution in [-0.2, 0) is 16.0 Å². The molecule has 0 aliphatic heterocycles. The number of carbonyl (C=O) groups is 2. The number of amides is 1. The maximum Gasteiger partial charge on any atom is 0.329 e. The highest BCUT2D eigenvalue weighted by Crippen LogP contribution is 2.17. The average molecular weight is 345 g/mol. The van der Waals surface area contributed by atoms with Crippen molar-refractivity contribution in [2.45, 2.75) is 18.6 Å². The number of benzene rings is 2. The Balaban J connectivity index is 2.04. The topological polar surface area (TPSA) is 133 Å². The zero-order valence-corrected chi connectivity index (χ0v) is 13.1. The summed E-state index contributed by atoms with van der Waals surface area (Å²) in [6, 6.07) is 12.2. The number of aliphatic hydroxyl groups excluding tert-OH is 1. The molecule has 0 bridgehead atoms. The summed E-state index contributed by atoms with van der Waals surface area (Å²) in [6.07, 6.45) is -1.54. The molecule has 0 saturated carbocycles. The van der Waals surface area contributed by atoms with E-state index < -0.39 is 24.0 Å². The Kier molecular flexibility index (Phi) is 6.07. The summed E-state index contributed by atoms with van der Waals surface area (Å²) < 4.78 is 0. The van der Waals surface area contributed by atoms with Crippen LogP contribution < -0.4 is 10.5 Å². The van der Waals surface area contributed by atoms with Gasteiger partial charge in [0.05, 0.1) is 12.1 Å². The van der Waals surface area contributed by atoms with Crippen molar-refractivity contribution in [3.63, 3.8) is 0 Å². The molecule has 0 heterocycles. The maximum absolute atomic E-state index is 12.1. The quantitative estimate of drug-likeness (QED) is 0.555. The van der Waals surface area contributed by atoms with Gasteiger partial charge in [-0.3, -0.25) is 10.0 Å². The van der Waals surface area contributed by atoms with Gasteiger partial charge in [0, 0.05) is 0 Å². The van der Waals surface area contributed by atoms with Crippen molar-refractivity contribution in [1.29, 1.82) is 0 Å². The van der Waals surface area contributed by atoms with E-state index in [0.717, 1.165) is 0 Å². The molecule has 8 heteroatoms. The van der Waals surface area contributed by atoms with Gasteiger partial charge in [0.1, 0.15) is 6.10 Å². The number of anilines is 1. The lowest BCUT2D eigenvalue weighted by Gasteiger charge is -2.22. The number of nitrogens with zero attached hydrogens (tertiary/aromatic N) is 1. The third-order valence-electron chi connectivity index (χ3n) is 3.56. The number of carboxylic acids is 1. The van der Waals surface area contributed by atoms with E-state index >= 15 is 0 Å². The van der Waals surface area contributed by atoms with Crippen LogP contribution in [0.4, 0.5) is 5.69 Å². The molecule has 4 N–H and O–H groups in total. The number of aliphatic carboxylic acids is 1. The van der Waals surface area contributed by atoms with Crippen LogP contribution in [-0.4, -0.2) is 33.3 Å². The van der Waals surface area contributed by atoms with E-state index in [1.54, 1.807) is 30.3 Å². The summed E-state index contributed by atoms with van der Waals surface area (Å²) >= 11 is 0.